The first-order chi connectivity index (χ1) is 14.9. The molecule has 0 aliphatic carbocycles. The second-order valence-corrected chi connectivity index (χ2v) is 10.5. The molecule has 0 unspecified atom stereocenters. The zero-order chi connectivity index (χ0) is 22.0. The number of aryl methyl sites for hydroxylation is 1. The van der Waals surface area contributed by atoms with E-state index >= 15 is 0 Å². The number of hydrogen-bond donors (Lipinski definition) is 1. The number of nitrogens with zero attached hydrogens (tertiary/aromatic N) is 1. The van der Waals surface area contributed by atoms with E-state index in [0.717, 1.165) is 37.1 Å². The summed E-state index contributed by atoms with van der Waals surface area (Å²) in [6, 6.07) is 12.6. The third kappa shape index (κ3) is 4.72. The van der Waals surface area contributed by atoms with Gasteiger partial charge in [-0.2, -0.15) is 0 Å². The van der Waals surface area contributed by atoms with Crippen molar-refractivity contribution >= 4 is 20.7 Å². The molecule has 1 N–H and O–H groups in total. The lowest BCUT2D eigenvalue weighted by Crippen LogP contribution is -2.38. The molecule has 0 saturated heterocycles. The molecule has 0 amide bonds. The summed E-state index contributed by atoms with van der Waals surface area (Å²) in [5, 5.41) is 1.24. The van der Waals surface area contributed by atoms with Crippen molar-refractivity contribution in [3.05, 3.63) is 59.3 Å². The Morgan fingerprint density at radius 2 is 1.87 bits per heavy atom. The first-order valence-electron chi connectivity index (χ1n) is 10.6. The van der Waals surface area contributed by atoms with Crippen LogP contribution in [-0.2, 0) is 22.7 Å². The van der Waals surface area contributed by atoms with Crippen LogP contribution in [0.1, 0.15) is 29.2 Å². The summed E-state index contributed by atoms with van der Waals surface area (Å²) >= 11 is 0. The van der Waals surface area contributed by atoms with Crippen molar-refractivity contribution in [3.8, 4) is 11.5 Å². The number of benzene rings is 2. The molecule has 166 valence electrons. The number of nitrogens with one attached hydrogen (secondary N) is 1. The number of ether oxygens (including phenoxy) is 2. The summed E-state index contributed by atoms with van der Waals surface area (Å²) in [7, 11) is 0.275. The van der Waals surface area contributed by atoms with Crippen molar-refractivity contribution in [3.63, 3.8) is 0 Å². The molecule has 0 saturated carbocycles. The van der Waals surface area contributed by atoms with Gasteiger partial charge < -0.3 is 14.5 Å². The number of rotatable bonds is 8. The Kier molecular flexibility index (Phi) is 6.25. The van der Waals surface area contributed by atoms with Gasteiger partial charge in [-0.25, -0.2) is 8.42 Å². The topological polar surface area (TPSA) is 71.6 Å². The molecule has 2 aromatic carbocycles. The molecule has 0 fully saturated rings. The van der Waals surface area contributed by atoms with Crippen LogP contribution in [-0.4, -0.2) is 57.6 Å². The molecule has 31 heavy (non-hydrogen) atoms. The van der Waals surface area contributed by atoms with E-state index in [1.165, 1.54) is 28.3 Å². The molecule has 0 spiro atoms. The van der Waals surface area contributed by atoms with Crippen molar-refractivity contribution in [2.24, 2.45) is 0 Å². The van der Waals surface area contributed by atoms with Crippen molar-refractivity contribution < 1.29 is 17.9 Å². The first-order valence-corrected chi connectivity index (χ1v) is 12.7. The fourth-order valence-corrected chi connectivity index (χ4v) is 5.17. The maximum Gasteiger partial charge on any atom is 0.161 e. The van der Waals surface area contributed by atoms with E-state index in [9.17, 15) is 8.42 Å². The van der Waals surface area contributed by atoms with Gasteiger partial charge in [-0.05, 0) is 54.2 Å². The molecular weight excluding hydrogens is 412 g/mol. The Hall–Kier alpha value is -2.51. The zero-order valence-corrected chi connectivity index (χ0v) is 19.2. The molecule has 1 aromatic heterocycles. The van der Waals surface area contributed by atoms with E-state index in [1.807, 2.05) is 6.07 Å². The number of fused-ring (bicyclic) bond motifs is 2. The number of sulfone groups is 1. The summed E-state index contributed by atoms with van der Waals surface area (Å²) in [4.78, 5) is 5.66. The number of H-pyrrole nitrogens is 1. The van der Waals surface area contributed by atoms with Crippen molar-refractivity contribution in [1.29, 1.82) is 0 Å². The highest BCUT2D eigenvalue weighted by Gasteiger charge is 2.29. The largest absolute Gasteiger partial charge is 0.493 e. The minimum atomic E-state index is -3.03. The predicted octanol–water partition coefficient (Wildman–Crippen LogP) is 3.76. The molecule has 0 radical (unpaired) electrons. The number of aromatic amines is 1. The minimum Gasteiger partial charge on any atom is -0.493 e. The average molecular weight is 443 g/mol. The molecule has 1 aliphatic rings. The van der Waals surface area contributed by atoms with Crippen molar-refractivity contribution in [2.75, 3.05) is 39.3 Å². The van der Waals surface area contributed by atoms with E-state index < -0.39 is 9.84 Å². The summed E-state index contributed by atoms with van der Waals surface area (Å²) in [5.41, 5.74) is 4.88. The second-order valence-electron chi connectivity index (χ2n) is 8.24. The molecule has 4 rings (SSSR count). The SMILES string of the molecule is COc1cc2c(cc1OC)[C@H](CCc1c[nH]c3ccccc13)N(CCS(C)(=O)=O)CC2. The summed E-state index contributed by atoms with van der Waals surface area (Å²) in [5.74, 6) is 1.61. The smallest absolute Gasteiger partial charge is 0.161 e. The Morgan fingerprint density at radius 3 is 2.61 bits per heavy atom. The molecule has 3 aromatic rings. The van der Waals surface area contributed by atoms with Gasteiger partial charge in [-0.1, -0.05) is 18.2 Å². The molecule has 1 aliphatic heterocycles. The van der Waals surface area contributed by atoms with Gasteiger partial charge in [0.2, 0.25) is 0 Å². The number of aromatic nitrogens is 1. The van der Waals surface area contributed by atoms with Gasteiger partial charge in [0.25, 0.3) is 0 Å². The van der Waals surface area contributed by atoms with E-state index in [1.54, 1.807) is 14.2 Å². The molecular formula is C24H30N2O4S. The Morgan fingerprint density at radius 1 is 1.13 bits per heavy atom. The Balaban J connectivity index is 1.65. The average Bonchev–Trinajstić information content (AvgIpc) is 3.17. The zero-order valence-electron chi connectivity index (χ0n) is 18.3. The Bertz CT molecular complexity index is 1170. The lowest BCUT2D eigenvalue weighted by molar-refractivity contribution is 0.185. The van der Waals surface area contributed by atoms with Gasteiger partial charge in [-0.3, -0.25) is 4.90 Å². The van der Waals surface area contributed by atoms with Gasteiger partial charge in [0.15, 0.2) is 11.5 Å². The van der Waals surface area contributed by atoms with Crippen LogP contribution in [0, 0.1) is 0 Å². The van der Waals surface area contributed by atoms with Crippen LogP contribution >= 0.6 is 0 Å². The summed E-state index contributed by atoms with van der Waals surface area (Å²) in [6.07, 6.45) is 6.05. The molecule has 6 nitrogen and oxygen atoms in total. The second kappa shape index (κ2) is 8.93. The highest BCUT2D eigenvalue weighted by atomic mass is 32.2. The van der Waals surface area contributed by atoms with E-state index in [2.05, 4.69) is 46.4 Å². The van der Waals surface area contributed by atoms with E-state index in [0.29, 0.717) is 12.3 Å². The van der Waals surface area contributed by atoms with Gasteiger partial charge >= 0.3 is 0 Å². The van der Waals surface area contributed by atoms with Crippen LogP contribution in [0.2, 0.25) is 0 Å². The molecule has 7 heteroatoms. The highest BCUT2D eigenvalue weighted by Crippen LogP contribution is 2.40. The van der Waals surface area contributed by atoms with Crippen LogP contribution in [0.5, 0.6) is 11.5 Å². The lowest BCUT2D eigenvalue weighted by Gasteiger charge is -2.38. The molecule has 0 bridgehead atoms. The fourth-order valence-electron chi connectivity index (χ4n) is 4.60. The maximum absolute atomic E-state index is 11.8. The maximum atomic E-state index is 11.8. The standard InChI is InChI=1S/C24H30N2O4S/c1-29-23-14-17-10-11-26(12-13-31(3,27)28)22(20(17)15-24(23)30-2)9-8-18-16-25-21-7-5-4-6-19(18)21/h4-7,14-16,22,25H,8-13H2,1-3H3/t22-/m0/s1. The van der Waals surface area contributed by atoms with Crippen LogP contribution < -0.4 is 9.47 Å². The number of para-hydroxylation sites is 1. The van der Waals surface area contributed by atoms with E-state index in [4.69, 9.17) is 9.47 Å². The van der Waals surface area contributed by atoms with Crippen LogP contribution in [0.15, 0.2) is 42.6 Å². The number of methoxy groups -OCH3 is 2. The third-order valence-corrected chi connectivity index (χ3v) is 7.15. The monoisotopic (exact) mass is 442 g/mol. The fraction of sp³-hybridized carbons (Fsp3) is 0.417. The van der Waals surface area contributed by atoms with Crippen molar-refractivity contribution in [1.82, 2.24) is 9.88 Å². The highest BCUT2D eigenvalue weighted by molar-refractivity contribution is 7.90. The van der Waals surface area contributed by atoms with Gasteiger partial charge in [0.05, 0.1) is 20.0 Å². The Labute approximate surface area is 184 Å². The van der Waals surface area contributed by atoms with Gasteiger partial charge in [0, 0.05) is 42.5 Å². The van der Waals surface area contributed by atoms with Crippen molar-refractivity contribution in [2.45, 2.75) is 25.3 Å². The third-order valence-electron chi connectivity index (χ3n) is 6.22. The van der Waals surface area contributed by atoms with Gasteiger partial charge in [-0.15, -0.1) is 0 Å². The normalized spacial score (nSPS) is 16.9. The quantitative estimate of drug-likeness (QED) is 0.575. The molecule has 2 heterocycles. The molecule has 1 atom stereocenters. The van der Waals surface area contributed by atoms with Crippen LogP contribution in [0.3, 0.4) is 0 Å². The van der Waals surface area contributed by atoms with Crippen LogP contribution in [0.25, 0.3) is 10.9 Å². The number of hydrogen-bond acceptors (Lipinski definition) is 5. The predicted molar refractivity (Wildman–Crippen MR) is 124 cm³/mol. The summed E-state index contributed by atoms with van der Waals surface area (Å²) < 4.78 is 34.7. The van der Waals surface area contributed by atoms with Gasteiger partial charge in [0.1, 0.15) is 9.84 Å². The first kappa shape index (κ1) is 21.7. The van der Waals surface area contributed by atoms with E-state index in [-0.39, 0.29) is 11.8 Å². The lowest BCUT2D eigenvalue weighted by atomic mass is 9.88. The summed E-state index contributed by atoms with van der Waals surface area (Å²) in [6.45, 7) is 1.36. The van der Waals surface area contributed by atoms with Crippen LogP contribution in [0.4, 0.5) is 0 Å². The minimum absolute atomic E-state index is 0.124.